The van der Waals surface area contributed by atoms with E-state index in [2.05, 4.69) is 12.2 Å². The highest BCUT2D eigenvalue weighted by Crippen LogP contribution is 2.44. The number of nitrogens with zero attached hydrogens (tertiary/aromatic N) is 2. The number of halogens is 1. The molecule has 30 heavy (non-hydrogen) atoms. The topological polar surface area (TPSA) is 83.8 Å². The van der Waals surface area contributed by atoms with Gasteiger partial charge >= 0.3 is 29.0 Å². The van der Waals surface area contributed by atoms with Crippen LogP contribution in [-0.2, 0) is 0 Å². The van der Waals surface area contributed by atoms with Gasteiger partial charge in [0.15, 0.2) is 11.6 Å². The van der Waals surface area contributed by atoms with E-state index in [9.17, 15) is 14.7 Å². The van der Waals surface area contributed by atoms with Crippen LogP contribution in [0.1, 0.15) is 42.6 Å². The van der Waals surface area contributed by atoms with Crippen molar-refractivity contribution in [3.8, 4) is 5.75 Å². The van der Waals surface area contributed by atoms with Gasteiger partial charge in [0.1, 0.15) is 11.3 Å². The summed E-state index contributed by atoms with van der Waals surface area (Å²) in [5.74, 6) is -1.19. The van der Waals surface area contributed by atoms with Crippen LogP contribution in [0.25, 0.3) is 10.9 Å². The third kappa shape index (κ3) is 3.78. The molecule has 2 atom stereocenters. The van der Waals surface area contributed by atoms with Crippen molar-refractivity contribution in [1.82, 2.24) is 9.88 Å². The minimum atomic E-state index is -1.31. The van der Waals surface area contributed by atoms with Crippen molar-refractivity contribution in [2.45, 2.75) is 38.3 Å². The number of aromatic nitrogens is 1. The molecule has 160 valence electrons. The predicted octanol–water partition coefficient (Wildman–Crippen LogP) is 1.70. The van der Waals surface area contributed by atoms with Crippen molar-refractivity contribution in [1.29, 1.82) is 0 Å². The highest BCUT2D eigenvalue weighted by molar-refractivity contribution is 5.97. The van der Waals surface area contributed by atoms with Gasteiger partial charge in [-0.1, -0.05) is 0 Å². The highest BCUT2D eigenvalue weighted by Gasteiger charge is 2.34. The van der Waals surface area contributed by atoms with Crippen molar-refractivity contribution in [3.05, 3.63) is 33.9 Å². The summed E-state index contributed by atoms with van der Waals surface area (Å²) in [6.07, 6.45) is 4.08. The maximum Gasteiger partial charge on any atom is 0.341 e. The molecule has 2 fully saturated rings. The Morgan fingerprint density at radius 3 is 2.63 bits per heavy atom. The van der Waals surface area contributed by atoms with Gasteiger partial charge in [0, 0.05) is 31.4 Å². The number of pyridine rings is 1. The normalized spacial score (nSPS) is 19.6. The van der Waals surface area contributed by atoms with Crippen LogP contribution < -0.4 is 20.4 Å². The van der Waals surface area contributed by atoms with Crippen LogP contribution in [0, 0.1) is 11.7 Å². The molecule has 0 spiro atoms. The summed E-state index contributed by atoms with van der Waals surface area (Å²) in [5.41, 5.74) is -0.201. The number of hydrogen-bond donors (Lipinski definition) is 2. The summed E-state index contributed by atoms with van der Waals surface area (Å²) < 4.78 is 22.7. The standard InChI is InChI=1S/C21H26FN3O4.Mg.2H/c1-11(23-2)12-6-7-24(9-12)18-16(22)8-14-17(20(18)29-3)25(13-4-5-13)10-15(19(14)26)21(27)28;;;/h8,10-13,23H,4-7,9H2,1-3H3,(H,27,28);;;/t11-,12+;;;/m0.../s1. The highest BCUT2D eigenvalue weighted by atomic mass is 24.3. The Morgan fingerprint density at radius 1 is 1.37 bits per heavy atom. The Morgan fingerprint density at radius 2 is 2.07 bits per heavy atom. The zero-order valence-electron chi connectivity index (χ0n) is 16.9. The van der Waals surface area contributed by atoms with E-state index in [0.717, 1.165) is 19.3 Å². The van der Waals surface area contributed by atoms with Gasteiger partial charge < -0.3 is 24.6 Å². The van der Waals surface area contributed by atoms with Gasteiger partial charge in [0.2, 0.25) is 5.43 Å². The van der Waals surface area contributed by atoms with Gasteiger partial charge in [0.05, 0.1) is 18.0 Å². The van der Waals surface area contributed by atoms with Gasteiger partial charge in [-0.2, -0.15) is 0 Å². The molecule has 0 radical (unpaired) electrons. The van der Waals surface area contributed by atoms with Crippen LogP contribution in [0.5, 0.6) is 5.75 Å². The van der Waals surface area contributed by atoms with Gasteiger partial charge in [-0.05, 0) is 45.2 Å². The number of nitrogens with one attached hydrogen (secondary N) is 1. The fourth-order valence-electron chi connectivity index (χ4n) is 4.36. The number of benzene rings is 1. The van der Waals surface area contributed by atoms with Crippen LogP contribution in [0.15, 0.2) is 17.1 Å². The number of anilines is 1. The summed E-state index contributed by atoms with van der Waals surface area (Å²) in [5, 5.41) is 12.7. The molecule has 0 amide bonds. The molecule has 1 aromatic heterocycles. The second kappa shape index (κ2) is 8.72. The minimum Gasteiger partial charge on any atom is -0.492 e. The summed E-state index contributed by atoms with van der Waals surface area (Å²) in [6.45, 7) is 3.48. The van der Waals surface area contributed by atoms with E-state index in [1.54, 1.807) is 4.57 Å². The molecular weight excluding hydrogens is 402 g/mol. The Kier molecular flexibility index (Phi) is 6.64. The van der Waals surface area contributed by atoms with Crippen molar-refractivity contribution < 1.29 is 19.0 Å². The first-order chi connectivity index (χ1) is 13.9. The molecule has 4 rings (SSSR count). The molecule has 0 unspecified atom stereocenters. The van der Waals surface area contributed by atoms with Crippen LogP contribution >= 0.6 is 0 Å². The monoisotopic (exact) mass is 429 g/mol. The molecule has 2 heterocycles. The lowest BCUT2D eigenvalue weighted by Crippen LogP contribution is -2.33. The lowest BCUT2D eigenvalue weighted by molar-refractivity contribution is 0.0695. The van der Waals surface area contributed by atoms with E-state index < -0.39 is 17.2 Å². The first-order valence-electron chi connectivity index (χ1n) is 9.98. The average molecular weight is 430 g/mol. The number of carboxylic acid groups (broad SMARTS) is 1. The number of carboxylic acids is 1. The molecule has 2 N–H and O–H groups in total. The summed E-state index contributed by atoms with van der Waals surface area (Å²) >= 11 is 0. The number of hydrogen-bond acceptors (Lipinski definition) is 5. The number of methoxy groups -OCH3 is 1. The second-order valence-electron chi connectivity index (χ2n) is 8.02. The molecule has 0 bridgehead atoms. The van der Waals surface area contributed by atoms with Crippen molar-refractivity contribution in [3.63, 3.8) is 0 Å². The molecule has 1 aliphatic carbocycles. The first kappa shape index (κ1) is 22.8. The lowest BCUT2D eigenvalue weighted by Gasteiger charge is -2.25. The summed E-state index contributed by atoms with van der Waals surface area (Å²) in [4.78, 5) is 26.3. The molecule has 9 heteroatoms. The fourth-order valence-corrected chi connectivity index (χ4v) is 4.36. The van der Waals surface area contributed by atoms with Crippen molar-refractivity contribution >= 4 is 45.6 Å². The Hall–Kier alpha value is -1.84. The van der Waals surface area contributed by atoms with Crippen molar-refractivity contribution in [2.24, 2.45) is 5.92 Å². The molecule has 2 aliphatic rings. The van der Waals surface area contributed by atoms with E-state index in [0.29, 0.717) is 42.0 Å². The largest absolute Gasteiger partial charge is 0.492 e. The van der Waals surface area contributed by atoms with Crippen molar-refractivity contribution in [2.75, 3.05) is 32.1 Å². The third-order valence-electron chi connectivity index (χ3n) is 6.28. The zero-order valence-corrected chi connectivity index (χ0v) is 16.9. The first-order valence-corrected chi connectivity index (χ1v) is 9.98. The minimum absolute atomic E-state index is 0. The fraction of sp³-hybridized carbons (Fsp3) is 0.524. The average Bonchev–Trinajstić information content (AvgIpc) is 3.43. The molecule has 7 nitrogen and oxygen atoms in total. The predicted molar refractivity (Wildman–Crippen MR) is 117 cm³/mol. The van der Waals surface area contributed by atoms with Gasteiger partial charge in [-0.15, -0.1) is 0 Å². The molecular formula is C21H28FMgN3O4. The van der Waals surface area contributed by atoms with Gasteiger partial charge in [-0.3, -0.25) is 4.79 Å². The number of aromatic carboxylic acids is 1. The number of carbonyl (C=O) groups is 1. The van der Waals surface area contributed by atoms with Crippen LogP contribution in [-0.4, -0.2) is 72.0 Å². The van der Waals surface area contributed by atoms with Gasteiger partial charge in [0.25, 0.3) is 0 Å². The maximum atomic E-state index is 15.3. The number of rotatable bonds is 6. The van der Waals surface area contributed by atoms with Crippen LogP contribution in [0.4, 0.5) is 10.1 Å². The third-order valence-corrected chi connectivity index (χ3v) is 6.28. The molecule has 1 aromatic carbocycles. The quantitative estimate of drug-likeness (QED) is 0.680. The smallest absolute Gasteiger partial charge is 0.341 e. The van der Waals surface area contributed by atoms with E-state index in [1.807, 2.05) is 11.9 Å². The summed E-state index contributed by atoms with van der Waals surface area (Å²) in [6, 6.07) is 1.58. The van der Waals surface area contributed by atoms with E-state index in [4.69, 9.17) is 4.74 Å². The number of ether oxygens (including phenoxy) is 1. The molecule has 1 aliphatic heterocycles. The zero-order chi connectivity index (χ0) is 20.9. The Labute approximate surface area is 190 Å². The second-order valence-corrected chi connectivity index (χ2v) is 8.02. The lowest BCUT2D eigenvalue weighted by atomic mass is 10.0. The Balaban J connectivity index is 0.00000256. The van der Waals surface area contributed by atoms with E-state index in [-0.39, 0.29) is 40.0 Å². The van der Waals surface area contributed by atoms with Gasteiger partial charge in [-0.25, -0.2) is 9.18 Å². The molecule has 1 saturated heterocycles. The molecule has 2 aromatic rings. The van der Waals surface area contributed by atoms with E-state index in [1.165, 1.54) is 19.4 Å². The van der Waals surface area contributed by atoms with Crippen LogP contribution in [0.2, 0.25) is 0 Å². The van der Waals surface area contributed by atoms with Crippen LogP contribution in [0.3, 0.4) is 0 Å². The Bertz CT molecular complexity index is 1040. The molecule has 1 saturated carbocycles. The summed E-state index contributed by atoms with van der Waals surface area (Å²) in [7, 11) is 3.38. The SMILES string of the molecule is CN[C@@H](C)[C@@H]1CCN(c2c(F)cc3c(=O)c(C(=O)O)cn(C4CC4)c3c2OC)C1.[MgH2]. The number of fused-ring (bicyclic) bond motifs is 1. The van der Waals surface area contributed by atoms with E-state index >= 15 is 4.39 Å². The maximum absolute atomic E-state index is 15.3.